The Labute approximate surface area is 148 Å². The third-order valence-electron chi connectivity index (χ3n) is 3.70. The molecular formula is C19H26N2O2S. The number of aromatic nitrogens is 2. The number of aliphatic hydroxyl groups is 1. The van der Waals surface area contributed by atoms with Crippen molar-refractivity contribution >= 4 is 17.5 Å². The van der Waals surface area contributed by atoms with Crippen molar-refractivity contribution in [1.82, 2.24) is 9.55 Å². The molecule has 0 saturated heterocycles. The van der Waals surface area contributed by atoms with Crippen LogP contribution in [0.3, 0.4) is 0 Å². The number of aryl methyl sites for hydroxylation is 2. The third kappa shape index (κ3) is 4.48. The molecule has 0 unspecified atom stereocenters. The first-order chi connectivity index (χ1) is 11.3. The lowest BCUT2D eigenvalue weighted by Gasteiger charge is -2.12. The van der Waals surface area contributed by atoms with Crippen LogP contribution in [0.5, 0.6) is 0 Å². The average Bonchev–Trinajstić information content (AvgIpc) is 2.76. The zero-order chi connectivity index (χ0) is 17.9. The Balaban J connectivity index is 2.53. The van der Waals surface area contributed by atoms with Gasteiger partial charge in [-0.3, -0.25) is 4.79 Å². The molecule has 0 atom stereocenters. The molecule has 2 aromatic rings. The second-order valence-corrected chi connectivity index (χ2v) is 7.62. The standard InChI is InChI=1S/C19H26N2O2S/c1-12(2)18-19(24-16-9-13(3)8-14(4)10-16)21(11-15(5)23)17(20-18)6-7-22/h8-10,12,22H,6-7,11H2,1-5H3. The molecule has 0 aliphatic carbocycles. The predicted octanol–water partition coefficient (Wildman–Crippen LogP) is 3.90. The second kappa shape index (κ2) is 7.99. The molecule has 0 bridgehead atoms. The number of hydrogen-bond donors (Lipinski definition) is 1. The van der Waals surface area contributed by atoms with E-state index in [-0.39, 0.29) is 18.3 Å². The van der Waals surface area contributed by atoms with Gasteiger partial charge in [0, 0.05) is 11.3 Å². The monoisotopic (exact) mass is 346 g/mol. The Morgan fingerprint density at radius 3 is 2.38 bits per heavy atom. The highest BCUT2D eigenvalue weighted by Gasteiger charge is 2.21. The van der Waals surface area contributed by atoms with E-state index in [0.717, 1.165) is 21.4 Å². The Morgan fingerprint density at radius 2 is 1.88 bits per heavy atom. The molecule has 0 saturated carbocycles. The van der Waals surface area contributed by atoms with Crippen LogP contribution in [-0.4, -0.2) is 27.0 Å². The van der Waals surface area contributed by atoms with Crippen molar-refractivity contribution in [3.63, 3.8) is 0 Å². The number of imidazole rings is 1. The van der Waals surface area contributed by atoms with Gasteiger partial charge in [-0.1, -0.05) is 31.7 Å². The number of carbonyl (C=O) groups excluding carboxylic acids is 1. The molecule has 1 aromatic carbocycles. The summed E-state index contributed by atoms with van der Waals surface area (Å²) in [5.74, 6) is 1.12. The molecule has 0 radical (unpaired) electrons. The normalized spacial score (nSPS) is 11.3. The molecule has 0 aliphatic heterocycles. The molecule has 0 amide bonds. The number of rotatable bonds is 7. The number of aliphatic hydroxyl groups excluding tert-OH is 1. The lowest BCUT2D eigenvalue weighted by atomic mass is 10.1. The number of benzene rings is 1. The van der Waals surface area contributed by atoms with Gasteiger partial charge in [0.2, 0.25) is 0 Å². The van der Waals surface area contributed by atoms with Gasteiger partial charge in [0.25, 0.3) is 0 Å². The largest absolute Gasteiger partial charge is 0.396 e. The van der Waals surface area contributed by atoms with Crippen molar-refractivity contribution in [2.75, 3.05) is 6.61 Å². The van der Waals surface area contributed by atoms with Crippen molar-refractivity contribution < 1.29 is 9.90 Å². The number of nitrogens with zero attached hydrogens (tertiary/aromatic N) is 2. The highest BCUT2D eigenvalue weighted by Crippen LogP contribution is 2.35. The molecule has 1 heterocycles. The summed E-state index contributed by atoms with van der Waals surface area (Å²) in [5.41, 5.74) is 3.43. The van der Waals surface area contributed by atoms with Gasteiger partial charge in [-0.2, -0.15) is 0 Å². The first-order valence-electron chi connectivity index (χ1n) is 8.27. The van der Waals surface area contributed by atoms with Crippen molar-refractivity contribution in [2.45, 2.75) is 63.4 Å². The minimum Gasteiger partial charge on any atom is -0.396 e. The molecule has 1 aromatic heterocycles. The average molecular weight is 346 g/mol. The van der Waals surface area contributed by atoms with Crippen molar-refractivity contribution in [3.05, 3.63) is 40.8 Å². The lowest BCUT2D eigenvalue weighted by molar-refractivity contribution is -0.117. The molecule has 24 heavy (non-hydrogen) atoms. The van der Waals surface area contributed by atoms with E-state index in [9.17, 15) is 9.90 Å². The zero-order valence-corrected chi connectivity index (χ0v) is 15.9. The van der Waals surface area contributed by atoms with Gasteiger partial charge < -0.3 is 9.67 Å². The van der Waals surface area contributed by atoms with E-state index < -0.39 is 0 Å². The van der Waals surface area contributed by atoms with E-state index >= 15 is 0 Å². The van der Waals surface area contributed by atoms with Gasteiger partial charge in [-0.05, 0) is 49.9 Å². The molecule has 0 aliphatic rings. The highest BCUT2D eigenvalue weighted by molar-refractivity contribution is 7.99. The minimum atomic E-state index is 0.0279. The summed E-state index contributed by atoms with van der Waals surface area (Å²) < 4.78 is 1.97. The van der Waals surface area contributed by atoms with Gasteiger partial charge in [0.15, 0.2) is 0 Å². The van der Waals surface area contributed by atoms with Crippen LogP contribution in [0.1, 0.15) is 49.3 Å². The SMILES string of the molecule is CC(=O)Cn1c(CCO)nc(C(C)C)c1Sc1cc(C)cc(C)c1. The Morgan fingerprint density at radius 1 is 1.25 bits per heavy atom. The highest BCUT2D eigenvalue weighted by atomic mass is 32.2. The first kappa shape index (κ1) is 18.7. The number of carbonyl (C=O) groups is 1. The fourth-order valence-corrected chi connectivity index (χ4v) is 4.15. The fraction of sp³-hybridized carbons (Fsp3) is 0.474. The van der Waals surface area contributed by atoms with Gasteiger partial charge in [-0.25, -0.2) is 4.98 Å². The summed E-state index contributed by atoms with van der Waals surface area (Å²) in [4.78, 5) is 17.6. The number of ketones is 1. The van der Waals surface area contributed by atoms with Crippen LogP contribution < -0.4 is 0 Å². The predicted molar refractivity (Wildman–Crippen MR) is 97.8 cm³/mol. The van der Waals surface area contributed by atoms with Gasteiger partial charge >= 0.3 is 0 Å². The van der Waals surface area contributed by atoms with Crippen LogP contribution in [0.2, 0.25) is 0 Å². The molecular weight excluding hydrogens is 320 g/mol. The first-order valence-corrected chi connectivity index (χ1v) is 9.09. The van der Waals surface area contributed by atoms with E-state index in [1.54, 1.807) is 18.7 Å². The molecule has 1 N–H and O–H groups in total. The molecule has 5 heteroatoms. The summed E-state index contributed by atoms with van der Waals surface area (Å²) in [6.45, 7) is 10.3. The van der Waals surface area contributed by atoms with Crippen LogP contribution in [0.4, 0.5) is 0 Å². The molecule has 4 nitrogen and oxygen atoms in total. The van der Waals surface area contributed by atoms with Crippen molar-refractivity contribution in [1.29, 1.82) is 0 Å². The summed E-state index contributed by atoms with van der Waals surface area (Å²) in [5, 5.41) is 10.3. The van der Waals surface area contributed by atoms with Crippen molar-refractivity contribution in [2.24, 2.45) is 0 Å². The van der Waals surface area contributed by atoms with Crippen LogP contribution in [0, 0.1) is 13.8 Å². The van der Waals surface area contributed by atoms with E-state index in [1.165, 1.54) is 11.1 Å². The Kier molecular flexibility index (Phi) is 6.24. The van der Waals surface area contributed by atoms with Gasteiger partial charge in [0.05, 0.1) is 18.8 Å². The zero-order valence-electron chi connectivity index (χ0n) is 15.1. The number of hydrogen-bond acceptors (Lipinski definition) is 4. The summed E-state index contributed by atoms with van der Waals surface area (Å²) in [6, 6.07) is 6.45. The summed E-state index contributed by atoms with van der Waals surface area (Å²) >= 11 is 1.65. The van der Waals surface area contributed by atoms with E-state index in [2.05, 4.69) is 45.9 Å². The molecule has 0 spiro atoms. The van der Waals surface area contributed by atoms with Gasteiger partial charge in [0.1, 0.15) is 16.6 Å². The quantitative estimate of drug-likeness (QED) is 0.826. The smallest absolute Gasteiger partial charge is 0.149 e. The van der Waals surface area contributed by atoms with Crippen LogP contribution in [-0.2, 0) is 17.8 Å². The summed E-state index contributed by atoms with van der Waals surface area (Å²) in [7, 11) is 0. The number of Topliss-reactive ketones (excluding diaryl/α,β-unsaturated/α-hetero) is 1. The minimum absolute atomic E-state index is 0.0279. The maximum atomic E-state index is 11.7. The van der Waals surface area contributed by atoms with Crippen LogP contribution in [0.15, 0.2) is 28.1 Å². The Hall–Kier alpha value is -1.59. The molecule has 0 fully saturated rings. The van der Waals surface area contributed by atoms with E-state index in [4.69, 9.17) is 4.98 Å². The maximum absolute atomic E-state index is 11.7. The molecule has 2 rings (SSSR count). The van der Waals surface area contributed by atoms with Gasteiger partial charge in [-0.15, -0.1) is 0 Å². The van der Waals surface area contributed by atoms with Crippen LogP contribution >= 0.6 is 11.8 Å². The van der Waals surface area contributed by atoms with Crippen molar-refractivity contribution in [3.8, 4) is 0 Å². The fourth-order valence-electron chi connectivity index (χ4n) is 2.77. The topological polar surface area (TPSA) is 55.1 Å². The second-order valence-electron chi connectivity index (χ2n) is 6.56. The Bertz CT molecular complexity index is 715. The van der Waals surface area contributed by atoms with E-state index in [0.29, 0.717) is 13.0 Å². The molecule has 130 valence electrons. The third-order valence-corrected chi connectivity index (χ3v) is 4.79. The lowest BCUT2D eigenvalue weighted by Crippen LogP contribution is -2.12. The maximum Gasteiger partial charge on any atom is 0.149 e. The van der Waals surface area contributed by atoms with Crippen LogP contribution in [0.25, 0.3) is 0 Å². The summed E-state index contributed by atoms with van der Waals surface area (Å²) in [6.07, 6.45) is 0.459. The van der Waals surface area contributed by atoms with E-state index in [1.807, 2.05) is 4.57 Å².